The summed E-state index contributed by atoms with van der Waals surface area (Å²) >= 11 is 3.05. The summed E-state index contributed by atoms with van der Waals surface area (Å²) in [7, 11) is 0. The third-order valence-electron chi connectivity index (χ3n) is 0.362. The topological polar surface area (TPSA) is 77.8 Å². The van der Waals surface area contributed by atoms with E-state index in [1.807, 2.05) is 0 Å². The van der Waals surface area contributed by atoms with Crippen molar-refractivity contribution in [1.82, 2.24) is 4.31 Å². The number of hydrogen-bond acceptors (Lipinski definition) is 3. The van der Waals surface area contributed by atoms with Crippen molar-refractivity contribution in [2.45, 2.75) is 0 Å². The third kappa shape index (κ3) is 1.69. The van der Waals surface area contributed by atoms with Crippen molar-refractivity contribution in [3.05, 3.63) is 0 Å². The first-order chi connectivity index (χ1) is 3.55. The van der Waals surface area contributed by atoms with E-state index in [4.69, 9.17) is 10.2 Å². The lowest BCUT2D eigenvalue weighted by atomic mass is 11.0. The van der Waals surface area contributed by atoms with E-state index >= 15 is 0 Å². The molecule has 0 fully saturated rings. The highest BCUT2D eigenvalue weighted by Gasteiger charge is 2.13. The van der Waals surface area contributed by atoms with Gasteiger partial charge in [-0.1, -0.05) is 0 Å². The first-order valence-electron chi connectivity index (χ1n) is 1.50. The van der Waals surface area contributed by atoms with Crippen LogP contribution in [0.25, 0.3) is 0 Å². The molecule has 0 saturated heterocycles. The van der Waals surface area contributed by atoms with E-state index in [2.05, 4.69) is 12.8 Å². The Bertz CT molecular complexity index is 109. The number of carbonyl (C=O) groups is 2. The zero-order valence-electron chi connectivity index (χ0n) is 3.61. The quantitative estimate of drug-likeness (QED) is 0.424. The van der Waals surface area contributed by atoms with E-state index in [9.17, 15) is 9.59 Å². The second-order valence-electron chi connectivity index (χ2n) is 0.877. The Kier molecular flexibility index (Phi) is 2.14. The molecule has 2 amide bonds. The van der Waals surface area contributed by atoms with Crippen LogP contribution in [-0.4, -0.2) is 26.7 Å². The van der Waals surface area contributed by atoms with E-state index < -0.39 is 12.2 Å². The minimum atomic E-state index is -1.61. The summed E-state index contributed by atoms with van der Waals surface area (Å²) in [6.07, 6.45) is -3.22. The van der Waals surface area contributed by atoms with Crippen molar-refractivity contribution in [3.8, 4) is 0 Å². The lowest BCUT2D eigenvalue weighted by molar-refractivity contribution is 0.152. The second kappa shape index (κ2) is 2.41. The molecule has 0 aromatic heterocycles. The van der Waals surface area contributed by atoms with Crippen LogP contribution in [0.2, 0.25) is 0 Å². The minimum Gasteiger partial charge on any atom is -0.464 e. The molecular weight excluding hydrogens is 134 g/mol. The maximum Gasteiger partial charge on any atom is 0.427 e. The number of amides is 2. The molecule has 0 heterocycles. The number of imide groups is 1. The van der Waals surface area contributed by atoms with Gasteiger partial charge in [0.05, 0.1) is 0 Å². The standard InChI is InChI=1S/C2H3NO4S/c4-1(5)3(8)2(6)7/h8H,(H,4,5)(H,6,7). The SMILES string of the molecule is O=C(O)N(S)C(=O)O. The van der Waals surface area contributed by atoms with E-state index in [0.29, 0.717) is 0 Å². The lowest BCUT2D eigenvalue weighted by Crippen LogP contribution is -2.24. The molecule has 0 radical (unpaired) electrons. The van der Waals surface area contributed by atoms with Gasteiger partial charge >= 0.3 is 12.2 Å². The molecule has 0 aliphatic heterocycles. The van der Waals surface area contributed by atoms with Gasteiger partial charge in [0, 0.05) is 0 Å². The monoisotopic (exact) mass is 137 g/mol. The van der Waals surface area contributed by atoms with Gasteiger partial charge in [-0.25, -0.2) is 9.59 Å². The Hall–Kier alpha value is -0.910. The van der Waals surface area contributed by atoms with Crippen LogP contribution in [0.1, 0.15) is 0 Å². The second-order valence-corrected chi connectivity index (χ2v) is 1.28. The maximum atomic E-state index is 9.61. The van der Waals surface area contributed by atoms with Crippen molar-refractivity contribution in [2.75, 3.05) is 0 Å². The molecule has 46 valence electrons. The van der Waals surface area contributed by atoms with Crippen LogP contribution in [0.5, 0.6) is 0 Å². The average Bonchev–Trinajstić information content (AvgIpc) is 1.64. The molecule has 0 atom stereocenters. The van der Waals surface area contributed by atoms with E-state index in [1.165, 1.54) is 0 Å². The van der Waals surface area contributed by atoms with Crippen LogP contribution in [0.4, 0.5) is 9.59 Å². The van der Waals surface area contributed by atoms with Gasteiger partial charge in [-0.15, -0.1) is 0 Å². The fourth-order valence-corrected chi connectivity index (χ4v) is 0.0818. The summed E-state index contributed by atoms with van der Waals surface area (Å²) in [5.74, 6) is 0. The van der Waals surface area contributed by atoms with Crippen LogP contribution in [0, 0.1) is 0 Å². The van der Waals surface area contributed by atoms with Crippen LogP contribution >= 0.6 is 12.8 Å². The molecule has 0 aromatic carbocycles. The zero-order chi connectivity index (χ0) is 6.73. The Labute approximate surface area is 50.1 Å². The Morgan fingerprint density at radius 1 is 1.25 bits per heavy atom. The highest BCUT2D eigenvalue weighted by molar-refractivity contribution is 7.78. The van der Waals surface area contributed by atoms with E-state index in [1.54, 1.807) is 0 Å². The molecule has 6 heteroatoms. The van der Waals surface area contributed by atoms with Crippen molar-refractivity contribution in [1.29, 1.82) is 0 Å². The number of nitrogens with zero attached hydrogens (tertiary/aromatic N) is 1. The Morgan fingerprint density at radius 2 is 1.50 bits per heavy atom. The molecular formula is C2H3NO4S. The number of rotatable bonds is 0. The van der Waals surface area contributed by atoms with Crippen LogP contribution < -0.4 is 0 Å². The van der Waals surface area contributed by atoms with Gasteiger partial charge in [0.1, 0.15) is 0 Å². The van der Waals surface area contributed by atoms with Crippen molar-refractivity contribution in [2.24, 2.45) is 0 Å². The smallest absolute Gasteiger partial charge is 0.427 e. The summed E-state index contributed by atoms with van der Waals surface area (Å²) in [6, 6.07) is 0. The Balaban J connectivity index is 3.83. The molecule has 0 aliphatic carbocycles. The molecule has 8 heavy (non-hydrogen) atoms. The molecule has 0 spiro atoms. The first kappa shape index (κ1) is 7.09. The van der Waals surface area contributed by atoms with Gasteiger partial charge in [0.2, 0.25) is 0 Å². The maximum absolute atomic E-state index is 9.61. The van der Waals surface area contributed by atoms with E-state index in [0.717, 1.165) is 0 Å². The lowest BCUT2D eigenvalue weighted by Gasteiger charge is -2.00. The van der Waals surface area contributed by atoms with Crippen LogP contribution in [-0.2, 0) is 0 Å². The van der Waals surface area contributed by atoms with Gasteiger partial charge in [-0.2, -0.15) is 4.31 Å². The van der Waals surface area contributed by atoms with Gasteiger partial charge in [0.15, 0.2) is 0 Å². The van der Waals surface area contributed by atoms with Gasteiger partial charge in [-0.05, 0) is 12.8 Å². The van der Waals surface area contributed by atoms with E-state index in [-0.39, 0.29) is 4.31 Å². The molecule has 5 nitrogen and oxygen atoms in total. The summed E-state index contributed by atoms with van der Waals surface area (Å²) in [4.78, 5) is 19.2. The highest BCUT2D eigenvalue weighted by Crippen LogP contribution is 1.92. The minimum absolute atomic E-state index is 0.139. The molecule has 0 aliphatic rings. The number of thiol groups is 1. The van der Waals surface area contributed by atoms with Crippen molar-refractivity contribution >= 4 is 25.0 Å². The predicted molar refractivity (Wildman–Crippen MR) is 26.9 cm³/mol. The fourth-order valence-electron chi connectivity index (χ4n) is 0.0818. The molecule has 0 unspecified atom stereocenters. The summed E-state index contributed by atoms with van der Waals surface area (Å²) in [5.41, 5.74) is 0. The molecule has 0 bridgehead atoms. The van der Waals surface area contributed by atoms with Crippen LogP contribution in [0.15, 0.2) is 0 Å². The first-order valence-corrected chi connectivity index (χ1v) is 1.90. The summed E-state index contributed by atoms with van der Waals surface area (Å²) in [6.45, 7) is 0. The van der Waals surface area contributed by atoms with Crippen LogP contribution in [0.3, 0.4) is 0 Å². The third-order valence-corrected chi connectivity index (χ3v) is 0.705. The highest BCUT2D eigenvalue weighted by atomic mass is 32.1. The number of carboxylic acid groups (broad SMARTS) is 2. The summed E-state index contributed by atoms with van der Waals surface area (Å²) in [5, 5.41) is 15.6. The molecule has 2 N–H and O–H groups in total. The average molecular weight is 137 g/mol. The van der Waals surface area contributed by atoms with Gasteiger partial charge in [-0.3, -0.25) is 0 Å². The van der Waals surface area contributed by atoms with Crippen molar-refractivity contribution in [3.63, 3.8) is 0 Å². The number of hydrogen-bond donors (Lipinski definition) is 3. The molecule has 0 aromatic rings. The largest absolute Gasteiger partial charge is 0.464 e. The van der Waals surface area contributed by atoms with Gasteiger partial charge in [0.25, 0.3) is 0 Å². The summed E-state index contributed by atoms with van der Waals surface area (Å²) < 4.78 is -0.139. The van der Waals surface area contributed by atoms with Crippen molar-refractivity contribution < 1.29 is 19.8 Å². The molecule has 0 rings (SSSR count). The molecule has 0 saturated carbocycles. The van der Waals surface area contributed by atoms with Gasteiger partial charge < -0.3 is 10.2 Å². The normalized spacial score (nSPS) is 8.12. The fraction of sp³-hybridized carbons (Fsp3) is 0. The Morgan fingerprint density at radius 3 is 1.50 bits per heavy atom. The predicted octanol–water partition coefficient (Wildman–Crippen LogP) is 0.489. The zero-order valence-corrected chi connectivity index (χ0v) is 4.50.